The summed E-state index contributed by atoms with van der Waals surface area (Å²) >= 11 is 3.53. The van der Waals surface area contributed by atoms with Crippen molar-refractivity contribution in [1.82, 2.24) is 9.97 Å². The van der Waals surface area contributed by atoms with Crippen LogP contribution in [0, 0.1) is 6.92 Å². The van der Waals surface area contributed by atoms with Gasteiger partial charge >= 0.3 is 0 Å². The van der Waals surface area contributed by atoms with Gasteiger partial charge in [0.1, 0.15) is 5.82 Å². The van der Waals surface area contributed by atoms with Crippen LogP contribution in [0.4, 0.5) is 17.5 Å². The molecule has 0 radical (unpaired) electrons. The first-order chi connectivity index (χ1) is 10.2. The molecule has 2 aromatic rings. The molecule has 2 rings (SSSR count). The Bertz CT molecular complexity index is 592. The molecule has 112 valence electrons. The molecule has 0 spiro atoms. The molecule has 0 aliphatic heterocycles. The van der Waals surface area contributed by atoms with Gasteiger partial charge in [0.25, 0.3) is 0 Å². The lowest BCUT2D eigenvalue weighted by atomic mass is 10.2. The van der Waals surface area contributed by atoms with Gasteiger partial charge in [-0.25, -0.2) is 4.98 Å². The van der Waals surface area contributed by atoms with Crippen molar-refractivity contribution in [1.29, 1.82) is 0 Å². The number of hydrogen-bond acceptors (Lipinski definition) is 5. The third-order valence-corrected chi connectivity index (χ3v) is 3.76. The summed E-state index contributed by atoms with van der Waals surface area (Å²) in [6.45, 7) is 3.57. The molecule has 6 heteroatoms. The first-order valence-corrected chi connectivity index (χ1v) is 7.57. The fraction of sp³-hybridized carbons (Fsp3) is 0.333. The Morgan fingerprint density at radius 3 is 2.90 bits per heavy atom. The molecule has 1 heterocycles. The van der Waals surface area contributed by atoms with Gasteiger partial charge in [0.2, 0.25) is 5.95 Å². The lowest BCUT2D eigenvalue weighted by Crippen LogP contribution is -2.08. The fourth-order valence-electron chi connectivity index (χ4n) is 1.75. The summed E-state index contributed by atoms with van der Waals surface area (Å²) in [7, 11) is 1.70. The smallest absolute Gasteiger partial charge is 0.224 e. The summed E-state index contributed by atoms with van der Waals surface area (Å²) in [6.07, 6.45) is 2.65. The number of aryl methyl sites for hydroxylation is 1. The second kappa shape index (κ2) is 7.95. The number of halogens is 1. The average Bonchev–Trinajstić information content (AvgIpc) is 2.48. The van der Waals surface area contributed by atoms with Crippen LogP contribution in [0.5, 0.6) is 0 Å². The number of nitrogens with one attached hydrogen (secondary N) is 2. The summed E-state index contributed by atoms with van der Waals surface area (Å²) in [5.74, 6) is 1.37. The lowest BCUT2D eigenvalue weighted by molar-refractivity contribution is 0.197. The zero-order valence-corrected chi connectivity index (χ0v) is 13.8. The Balaban J connectivity index is 1.98. The predicted octanol–water partition coefficient (Wildman–Crippen LogP) is 3.74. The number of hydrogen-bond donors (Lipinski definition) is 2. The van der Waals surface area contributed by atoms with Gasteiger partial charge in [-0.2, -0.15) is 4.98 Å². The predicted molar refractivity (Wildman–Crippen MR) is 89.2 cm³/mol. The molecule has 0 saturated heterocycles. The van der Waals surface area contributed by atoms with E-state index in [0.29, 0.717) is 5.95 Å². The van der Waals surface area contributed by atoms with Crippen molar-refractivity contribution >= 4 is 33.4 Å². The van der Waals surface area contributed by atoms with Crippen LogP contribution in [0.1, 0.15) is 12.0 Å². The number of rotatable bonds is 7. The van der Waals surface area contributed by atoms with E-state index in [1.54, 1.807) is 13.3 Å². The Labute approximate surface area is 133 Å². The van der Waals surface area contributed by atoms with Crippen molar-refractivity contribution in [2.45, 2.75) is 13.3 Å². The van der Waals surface area contributed by atoms with Gasteiger partial charge in [0, 0.05) is 36.6 Å². The monoisotopic (exact) mass is 350 g/mol. The molecule has 0 unspecified atom stereocenters. The normalized spacial score (nSPS) is 10.4. The van der Waals surface area contributed by atoms with E-state index >= 15 is 0 Å². The Hall–Kier alpha value is -1.66. The highest BCUT2D eigenvalue weighted by atomic mass is 79.9. The summed E-state index contributed by atoms with van der Waals surface area (Å²) < 4.78 is 6.07. The van der Waals surface area contributed by atoms with E-state index in [1.165, 1.54) is 5.56 Å². The molecule has 21 heavy (non-hydrogen) atoms. The van der Waals surface area contributed by atoms with Gasteiger partial charge in [0.05, 0.1) is 0 Å². The highest BCUT2D eigenvalue weighted by Gasteiger charge is 2.01. The largest absolute Gasteiger partial charge is 0.385 e. The molecular formula is C15H19BrN4O. The number of methoxy groups -OCH3 is 1. The number of anilines is 3. The first kappa shape index (κ1) is 15.7. The minimum Gasteiger partial charge on any atom is -0.385 e. The van der Waals surface area contributed by atoms with Crippen LogP contribution in [0.15, 0.2) is 34.9 Å². The quantitative estimate of drug-likeness (QED) is 0.745. The maximum absolute atomic E-state index is 5.01. The van der Waals surface area contributed by atoms with E-state index in [4.69, 9.17) is 4.74 Å². The summed E-state index contributed by atoms with van der Waals surface area (Å²) in [5, 5.41) is 6.44. The van der Waals surface area contributed by atoms with Crippen molar-refractivity contribution in [3.8, 4) is 0 Å². The van der Waals surface area contributed by atoms with Gasteiger partial charge in [-0.3, -0.25) is 0 Å². The maximum Gasteiger partial charge on any atom is 0.224 e. The van der Waals surface area contributed by atoms with Gasteiger partial charge in [0.15, 0.2) is 0 Å². The first-order valence-electron chi connectivity index (χ1n) is 6.78. The Morgan fingerprint density at radius 1 is 1.29 bits per heavy atom. The minimum absolute atomic E-state index is 0.613. The zero-order chi connectivity index (χ0) is 15.1. The molecule has 0 saturated carbocycles. The van der Waals surface area contributed by atoms with Crippen LogP contribution >= 0.6 is 15.9 Å². The van der Waals surface area contributed by atoms with E-state index in [-0.39, 0.29) is 0 Å². The molecule has 5 nitrogen and oxygen atoms in total. The number of aromatic nitrogens is 2. The van der Waals surface area contributed by atoms with Crippen LogP contribution in [-0.4, -0.2) is 30.2 Å². The molecule has 1 aromatic carbocycles. The molecule has 1 aromatic heterocycles. The average molecular weight is 351 g/mol. The number of benzene rings is 1. The Morgan fingerprint density at radius 2 is 2.14 bits per heavy atom. The lowest BCUT2D eigenvalue weighted by Gasteiger charge is -2.09. The SMILES string of the molecule is COCCCNc1nccc(Nc2ccc(C)c(Br)c2)n1. The van der Waals surface area contributed by atoms with Crippen molar-refractivity contribution in [2.24, 2.45) is 0 Å². The van der Waals surface area contributed by atoms with Crippen LogP contribution in [-0.2, 0) is 4.74 Å². The Kier molecular flexibility index (Phi) is 5.95. The number of nitrogens with zero attached hydrogens (tertiary/aromatic N) is 2. The third-order valence-electron chi connectivity index (χ3n) is 2.91. The highest BCUT2D eigenvalue weighted by Crippen LogP contribution is 2.23. The van der Waals surface area contributed by atoms with Gasteiger partial charge in [-0.15, -0.1) is 0 Å². The standard InChI is InChI=1S/C15H19BrN4O/c1-11-4-5-12(10-13(11)16)19-14-6-8-18-15(20-14)17-7-3-9-21-2/h4-6,8,10H,3,7,9H2,1-2H3,(H2,17,18,19,20). The fourth-order valence-corrected chi connectivity index (χ4v) is 2.13. The maximum atomic E-state index is 5.01. The molecule has 0 fully saturated rings. The van der Waals surface area contributed by atoms with Crippen molar-refractivity contribution in [3.63, 3.8) is 0 Å². The molecular weight excluding hydrogens is 332 g/mol. The minimum atomic E-state index is 0.613. The third kappa shape index (κ3) is 4.99. The van der Waals surface area contributed by atoms with Crippen LogP contribution in [0.25, 0.3) is 0 Å². The van der Waals surface area contributed by atoms with E-state index in [9.17, 15) is 0 Å². The highest BCUT2D eigenvalue weighted by molar-refractivity contribution is 9.10. The van der Waals surface area contributed by atoms with E-state index in [1.807, 2.05) is 18.2 Å². The number of ether oxygens (including phenoxy) is 1. The molecule has 0 aliphatic rings. The molecule has 0 amide bonds. The summed E-state index contributed by atoms with van der Waals surface area (Å²) in [6, 6.07) is 7.95. The topological polar surface area (TPSA) is 59.1 Å². The van der Waals surface area contributed by atoms with Gasteiger partial charge < -0.3 is 15.4 Å². The van der Waals surface area contributed by atoms with Crippen LogP contribution in [0.3, 0.4) is 0 Å². The second-order valence-corrected chi connectivity index (χ2v) is 5.48. The van der Waals surface area contributed by atoms with Crippen LogP contribution < -0.4 is 10.6 Å². The van der Waals surface area contributed by atoms with Gasteiger partial charge in [-0.05, 0) is 37.1 Å². The van der Waals surface area contributed by atoms with Gasteiger partial charge in [-0.1, -0.05) is 22.0 Å². The van der Waals surface area contributed by atoms with Crippen molar-refractivity contribution in [2.75, 3.05) is 30.9 Å². The second-order valence-electron chi connectivity index (χ2n) is 4.63. The molecule has 0 aliphatic carbocycles. The van der Waals surface area contributed by atoms with Crippen molar-refractivity contribution < 1.29 is 4.74 Å². The summed E-state index contributed by atoms with van der Waals surface area (Å²) in [4.78, 5) is 8.63. The summed E-state index contributed by atoms with van der Waals surface area (Å²) in [5.41, 5.74) is 2.18. The molecule has 0 atom stereocenters. The van der Waals surface area contributed by atoms with E-state index < -0.39 is 0 Å². The molecule has 0 bridgehead atoms. The zero-order valence-electron chi connectivity index (χ0n) is 12.2. The molecule has 2 N–H and O–H groups in total. The van der Waals surface area contributed by atoms with E-state index in [2.05, 4.69) is 49.5 Å². The van der Waals surface area contributed by atoms with E-state index in [0.717, 1.165) is 35.6 Å². The van der Waals surface area contributed by atoms with Crippen LogP contribution in [0.2, 0.25) is 0 Å². The van der Waals surface area contributed by atoms with Crippen molar-refractivity contribution in [3.05, 3.63) is 40.5 Å².